The lowest BCUT2D eigenvalue weighted by Crippen LogP contribution is -2.29. The highest BCUT2D eigenvalue weighted by Gasteiger charge is 2.25. The second-order valence-electron chi connectivity index (χ2n) is 5.76. The highest BCUT2D eigenvalue weighted by Crippen LogP contribution is 2.34. The largest absolute Gasteiger partial charge is 0.316 e. The van der Waals surface area contributed by atoms with Crippen LogP contribution in [-0.4, -0.2) is 13.1 Å². The summed E-state index contributed by atoms with van der Waals surface area (Å²) < 4.78 is 0. The average molecular weight is 225 g/mol. The van der Waals surface area contributed by atoms with Gasteiger partial charge in [-0.3, -0.25) is 0 Å². The Morgan fingerprint density at radius 1 is 1.19 bits per heavy atom. The Kier molecular flexibility index (Phi) is 7.11. The molecule has 0 aliphatic heterocycles. The topological polar surface area (TPSA) is 12.0 Å². The molecule has 1 aliphatic carbocycles. The maximum absolute atomic E-state index is 3.64. The number of hydrogen-bond donors (Lipinski definition) is 1. The van der Waals surface area contributed by atoms with Crippen molar-refractivity contribution in [3.63, 3.8) is 0 Å². The molecule has 1 N–H and O–H groups in total. The van der Waals surface area contributed by atoms with Gasteiger partial charge < -0.3 is 5.32 Å². The van der Waals surface area contributed by atoms with Crippen LogP contribution in [0.4, 0.5) is 0 Å². The van der Waals surface area contributed by atoms with Crippen LogP contribution in [-0.2, 0) is 0 Å². The lowest BCUT2D eigenvalue weighted by Gasteiger charge is -2.26. The van der Waals surface area contributed by atoms with Gasteiger partial charge in [0.05, 0.1) is 0 Å². The summed E-state index contributed by atoms with van der Waals surface area (Å²) in [4.78, 5) is 0. The van der Waals surface area contributed by atoms with E-state index in [1.54, 1.807) is 0 Å². The zero-order valence-electron chi connectivity index (χ0n) is 11.6. The van der Waals surface area contributed by atoms with Gasteiger partial charge in [0.15, 0.2) is 0 Å². The van der Waals surface area contributed by atoms with Crippen LogP contribution in [0.2, 0.25) is 0 Å². The van der Waals surface area contributed by atoms with Crippen LogP contribution in [0.1, 0.15) is 65.7 Å². The molecule has 0 heterocycles. The van der Waals surface area contributed by atoms with Crippen molar-refractivity contribution in [1.29, 1.82) is 0 Å². The van der Waals surface area contributed by atoms with E-state index in [0.29, 0.717) is 0 Å². The molecule has 1 rings (SSSR count). The van der Waals surface area contributed by atoms with Gasteiger partial charge in [-0.25, -0.2) is 0 Å². The normalized spacial score (nSPS) is 21.2. The van der Waals surface area contributed by atoms with Crippen LogP contribution in [0.5, 0.6) is 0 Å². The first-order valence-electron chi connectivity index (χ1n) is 7.48. The summed E-state index contributed by atoms with van der Waals surface area (Å²) in [6.45, 7) is 9.47. The van der Waals surface area contributed by atoms with E-state index >= 15 is 0 Å². The van der Waals surface area contributed by atoms with Crippen molar-refractivity contribution in [2.45, 2.75) is 65.7 Å². The van der Waals surface area contributed by atoms with Crippen molar-refractivity contribution in [2.24, 2.45) is 17.8 Å². The van der Waals surface area contributed by atoms with E-state index in [1.165, 1.54) is 58.0 Å². The molecular weight excluding hydrogens is 194 g/mol. The minimum Gasteiger partial charge on any atom is -0.316 e. The molecule has 1 saturated carbocycles. The van der Waals surface area contributed by atoms with Crippen molar-refractivity contribution in [3.8, 4) is 0 Å². The van der Waals surface area contributed by atoms with Crippen LogP contribution in [0, 0.1) is 17.8 Å². The molecule has 1 nitrogen and oxygen atoms in total. The molecule has 0 aromatic heterocycles. The zero-order chi connectivity index (χ0) is 11.8. The van der Waals surface area contributed by atoms with Gasteiger partial charge >= 0.3 is 0 Å². The molecule has 0 spiro atoms. The third kappa shape index (κ3) is 4.86. The predicted molar refractivity (Wildman–Crippen MR) is 72.7 cm³/mol. The van der Waals surface area contributed by atoms with E-state index in [9.17, 15) is 0 Å². The molecule has 2 unspecified atom stereocenters. The van der Waals surface area contributed by atoms with Gasteiger partial charge in [0.2, 0.25) is 0 Å². The first-order chi connectivity index (χ1) is 7.77. The summed E-state index contributed by atoms with van der Waals surface area (Å²) in [5.41, 5.74) is 0. The molecule has 0 aromatic carbocycles. The molecule has 0 aromatic rings. The summed E-state index contributed by atoms with van der Waals surface area (Å²) in [7, 11) is 0. The highest BCUT2D eigenvalue weighted by molar-refractivity contribution is 4.78. The monoisotopic (exact) mass is 225 g/mol. The van der Waals surface area contributed by atoms with E-state index in [1.807, 2.05) is 0 Å². The van der Waals surface area contributed by atoms with Gasteiger partial charge in [0.1, 0.15) is 0 Å². The number of hydrogen-bond acceptors (Lipinski definition) is 1. The summed E-state index contributed by atoms with van der Waals surface area (Å²) in [6, 6.07) is 0. The van der Waals surface area contributed by atoms with Gasteiger partial charge in [-0.05, 0) is 43.7 Å². The Balaban J connectivity index is 2.33. The van der Waals surface area contributed by atoms with E-state index < -0.39 is 0 Å². The minimum absolute atomic E-state index is 0.911. The molecule has 96 valence electrons. The molecule has 0 radical (unpaired) electrons. The van der Waals surface area contributed by atoms with E-state index in [0.717, 1.165) is 17.8 Å². The summed E-state index contributed by atoms with van der Waals surface area (Å²) >= 11 is 0. The van der Waals surface area contributed by atoms with Gasteiger partial charge in [0, 0.05) is 0 Å². The Bertz CT molecular complexity index is 161. The SMILES string of the molecule is CCCNCC(CC(C)CC)C1CCCC1. The molecule has 0 amide bonds. The van der Waals surface area contributed by atoms with Crippen LogP contribution >= 0.6 is 0 Å². The Hall–Kier alpha value is -0.0400. The van der Waals surface area contributed by atoms with Crippen molar-refractivity contribution >= 4 is 0 Å². The van der Waals surface area contributed by atoms with E-state index in [4.69, 9.17) is 0 Å². The summed E-state index contributed by atoms with van der Waals surface area (Å²) in [5.74, 6) is 2.89. The van der Waals surface area contributed by atoms with Crippen molar-refractivity contribution in [3.05, 3.63) is 0 Å². The lowest BCUT2D eigenvalue weighted by atomic mass is 9.83. The lowest BCUT2D eigenvalue weighted by molar-refractivity contribution is 0.264. The molecule has 0 saturated heterocycles. The van der Waals surface area contributed by atoms with Crippen LogP contribution in [0.3, 0.4) is 0 Å². The molecule has 0 bridgehead atoms. The van der Waals surface area contributed by atoms with Crippen LogP contribution < -0.4 is 5.32 Å². The zero-order valence-corrected chi connectivity index (χ0v) is 11.6. The molecule has 16 heavy (non-hydrogen) atoms. The quantitative estimate of drug-likeness (QED) is 0.610. The minimum atomic E-state index is 0.911. The Morgan fingerprint density at radius 3 is 2.44 bits per heavy atom. The molecule has 1 heteroatoms. The summed E-state index contributed by atoms with van der Waals surface area (Å²) in [6.07, 6.45) is 10.0. The molecule has 1 aliphatic rings. The van der Waals surface area contributed by atoms with Crippen molar-refractivity contribution < 1.29 is 0 Å². The fourth-order valence-corrected chi connectivity index (χ4v) is 3.02. The maximum Gasteiger partial charge on any atom is -0.00178 e. The first-order valence-corrected chi connectivity index (χ1v) is 7.48. The second-order valence-corrected chi connectivity index (χ2v) is 5.76. The fourth-order valence-electron chi connectivity index (χ4n) is 3.02. The van der Waals surface area contributed by atoms with Gasteiger partial charge in [-0.15, -0.1) is 0 Å². The predicted octanol–water partition coefficient (Wildman–Crippen LogP) is 4.23. The molecule has 1 fully saturated rings. The average Bonchev–Trinajstić information content (AvgIpc) is 2.81. The van der Waals surface area contributed by atoms with Gasteiger partial charge in [0.25, 0.3) is 0 Å². The van der Waals surface area contributed by atoms with Crippen molar-refractivity contribution in [2.75, 3.05) is 13.1 Å². The first kappa shape index (κ1) is 14.0. The number of nitrogens with one attached hydrogen (secondary N) is 1. The third-order valence-corrected chi connectivity index (χ3v) is 4.30. The smallest absolute Gasteiger partial charge is 0.00178 e. The summed E-state index contributed by atoms with van der Waals surface area (Å²) in [5, 5.41) is 3.64. The third-order valence-electron chi connectivity index (χ3n) is 4.30. The maximum atomic E-state index is 3.64. The van der Waals surface area contributed by atoms with Crippen molar-refractivity contribution in [1.82, 2.24) is 5.32 Å². The molecule has 2 atom stereocenters. The number of rotatable bonds is 8. The molecular formula is C15H31N. The van der Waals surface area contributed by atoms with Crippen LogP contribution in [0.25, 0.3) is 0 Å². The highest BCUT2D eigenvalue weighted by atomic mass is 14.9. The Morgan fingerprint density at radius 2 is 1.88 bits per heavy atom. The van der Waals surface area contributed by atoms with E-state index in [2.05, 4.69) is 26.1 Å². The van der Waals surface area contributed by atoms with Crippen LogP contribution in [0.15, 0.2) is 0 Å². The van der Waals surface area contributed by atoms with Gasteiger partial charge in [-0.2, -0.15) is 0 Å². The van der Waals surface area contributed by atoms with Gasteiger partial charge in [-0.1, -0.05) is 52.9 Å². The fraction of sp³-hybridized carbons (Fsp3) is 1.00. The Labute approximate surface area is 102 Å². The standard InChI is InChI=1S/C15H31N/c1-4-10-16-12-15(11-13(3)5-2)14-8-6-7-9-14/h13-16H,4-12H2,1-3H3. The van der Waals surface area contributed by atoms with E-state index in [-0.39, 0.29) is 0 Å². The second kappa shape index (κ2) is 8.11.